The van der Waals surface area contributed by atoms with Gasteiger partial charge in [0.15, 0.2) is 23.1 Å². The molecule has 2 aromatic carbocycles. The SMILES string of the molecule is CC(C)c1c(C(=O)N(C)Cc2ccc(F)c(F)c2F)nn(-c2ccc(F)cc2)c1CC[C@@H](O)C[C@@H](O)CC(=O)[O-].[Na+]. The monoisotopic (exact) mass is 587 g/mol. The van der Waals surface area contributed by atoms with Crippen LogP contribution in [-0.4, -0.2) is 56.0 Å². The first-order valence-electron chi connectivity index (χ1n) is 12.6. The summed E-state index contributed by atoms with van der Waals surface area (Å²) in [5, 5.41) is 35.5. The molecule has 2 atom stereocenters. The Morgan fingerprint density at radius 2 is 1.63 bits per heavy atom. The zero-order valence-corrected chi connectivity index (χ0v) is 25.2. The predicted molar refractivity (Wildman–Crippen MR) is 134 cm³/mol. The van der Waals surface area contributed by atoms with Crippen LogP contribution >= 0.6 is 0 Å². The summed E-state index contributed by atoms with van der Waals surface area (Å²) in [5.41, 5.74) is 1.17. The molecule has 0 bridgehead atoms. The van der Waals surface area contributed by atoms with Crippen LogP contribution in [0.15, 0.2) is 36.4 Å². The maximum Gasteiger partial charge on any atom is 1.00 e. The van der Waals surface area contributed by atoms with Crippen molar-refractivity contribution < 1.29 is 72.0 Å². The second-order valence-electron chi connectivity index (χ2n) is 9.91. The van der Waals surface area contributed by atoms with Gasteiger partial charge in [-0.05, 0) is 55.5 Å². The summed E-state index contributed by atoms with van der Waals surface area (Å²) < 4.78 is 56.4. The first kappa shape index (κ1) is 34.4. The van der Waals surface area contributed by atoms with Gasteiger partial charge in [-0.15, -0.1) is 0 Å². The molecule has 1 heterocycles. The van der Waals surface area contributed by atoms with Gasteiger partial charge in [0.05, 0.1) is 17.9 Å². The van der Waals surface area contributed by atoms with E-state index >= 15 is 0 Å². The molecule has 1 aromatic heterocycles. The number of carboxylic acid groups (broad SMARTS) is 1. The molecule has 8 nitrogen and oxygen atoms in total. The number of aliphatic hydroxyl groups excluding tert-OH is 2. The van der Waals surface area contributed by atoms with E-state index in [0.29, 0.717) is 16.9 Å². The van der Waals surface area contributed by atoms with Gasteiger partial charge >= 0.3 is 29.6 Å². The van der Waals surface area contributed by atoms with Crippen LogP contribution in [0, 0.1) is 23.3 Å². The Labute approximate surface area is 256 Å². The van der Waals surface area contributed by atoms with Crippen molar-refractivity contribution in [2.75, 3.05) is 7.05 Å². The molecule has 3 rings (SSSR count). The number of rotatable bonds is 12. The number of nitrogens with zero attached hydrogens (tertiary/aromatic N) is 3. The van der Waals surface area contributed by atoms with Gasteiger partial charge < -0.3 is 25.0 Å². The fourth-order valence-electron chi connectivity index (χ4n) is 4.47. The smallest absolute Gasteiger partial charge is 0.550 e. The molecule has 0 unspecified atom stereocenters. The Balaban J connectivity index is 0.00000588. The van der Waals surface area contributed by atoms with E-state index in [1.807, 2.05) is 0 Å². The van der Waals surface area contributed by atoms with Crippen molar-refractivity contribution >= 4 is 11.9 Å². The predicted octanol–water partition coefficient (Wildman–Crippen LogP) is 0.0128. The van der Waals surface area contributed by atoms with Gasteiger partial charge in [-0.2, -0.15) is 5.10 Å². The average molecular weight is 588 g/mol. The summed E-state index contributed by atoms with van der Waals surface area (Å²) in [7, 11) is 1.35. The molecule has 41 heavy (non-hydrogen) atoms. The van der Waals surface area contributed by atoms with Crippen LogP contribution in [0.25, 0.3) is 5.69 Å². The van der Waals surface area contributed by atoms with E-state index in [1.165, 1.54) is 36.0 Å². The molecule has 1 amide bonds. The van der Waals surface area contributed by atoms with Crippen molar-refractivity contribution in [1.82, 2.24) is 14.7 Å². The topological polar surface area (TPSA) is 119 Å². The first-order valence-corrected chi connectivity index (χ1v) is 12.6. The van der Waals surface area contributed by atoms with Crippen LogP contribution in [0.1, 0.15) is 66.3 Å². The minimum absolute atomic E-state index is 0. The molecule has 13 heteroatoms. The number of hydrogen-bond acceptors (Lipinski definition) is 6. The van der Waals surface area contributed by atoms with E-state index in [4.69, 9.17) is 0 Å². The van der Waals surface area contributed by atoms with Gasteiger partial charge in [0, 0.05) is 42.8 Å². The second kappa shape index (κ2) is 14.9. The maximum atomic E-state index is 14.3. The molecule has 0 fully saturated rings. The zero-order chi connectivity index (χ0) is 29.7. The third-order valence-corrected chi connectivity index (χ3v) is 6.40. The Morgan fingerprint density at radius 1 is 1.00 bits per heavy atom. The summed E-state index contributed by atoms with van der Waals surface area (Å²) >= 11 is 0. The number of carboxylic acids is 1. The van der Waals surface area contributed by atoms with Crippen LogP contribution in [0.2, 0.25) is 0 Å². The molecule has 0 radical (unpaired) electrons. The van der Waals surface area contributed by atoms with Crippen LogP contribution in [0.4, 0.5) is 17.6 Å². The first-order chi connectivity index (χ1) is 18.8. The van der Waals surface area contributed by atoms with Crippen LogP contribution < -0.4 is 34.7 Å². The summed E-state index contributed by atoms with van der Waals surface area (Å²) in [6.07, 6.45) is -3.04. The number of aliphatic carboxylic acids is 1. The Kier molecular flexibility index (Phi) is 12.5. The molecule has 216 valence electrons. The van der Waals surface area contributed by atoms with E-state index in [2.05, 4.69) is 5.10 Å². The minimum atomic E-state index is -1.65. The normalized spacial score (nSPS) is 12.6. The largest absolute Gasteiger partial charge is 1.00 e. The van der Waals surface area contributed by atoms with Crippen LogP contribution in [0.3, 0.4) is 0 Å². The molecule has 0 aliphatic carbocycles. The molecule has 0 saturated heterocycles. The van der Waals surface area contributed by atoms with Gasteiger partial charge in [-0.25, -0.2) is 22.2 Å². The van der Waals surface area contributed by atoms with Crippen molar-refractivity contribution in [3.63, 3.8) is 0 Å². The Hall–Kier alpha value is -2.77. The van der Waals surface area contributed by atoms with E-state index in [-0.39, 0.29) is 72.5 Å². The van der Waals surface area contributed by atoms with E-state index in [9.17, 15) is 42.5 Å². The van der Waals surface area contributed by atoms with Crippen molar-refractivity contribution in [2.24, 2.45) is 0 Å². The van der Waals surface area contributed by atoms with E-state index < -0.39 is 53.8 Å². The van der Waals surface area contributed by atoms with E-state index in [0.717, 1.165) is 17.0 Å². The number of carbonyl (C=O) groups excluding carboxylic acids is 2. The number of carbonyl (C=O) groups is 2. The molecular formula is C28H30F4N3NaO5. The van der Waals surface area contributed by atoms with Gasteiger partial charge in [0.25, 0.3) is 5.91 Å². The second-order valence-corrected chi connectivity index (χ2v) is 9.91. The third kappa shape index (κ3) is 8.62. The number of hydrogen-bond donors (Lipinski definition) is 2. The van der Waals surface area contributed by atoms with Crippen molar-refractivity contribution in [1.29, 1.82) is 0 Å². The van der Waals surface area contributed by atoms with E-state index in [1.54, 1.807) is 13.8 Å². The molecule has 0 saturated carbocycles. The quantitative estimate of drug-likeness (QED) is 0.175. The maximum absolute atomic E-state index is 14.3. The van der Waals surface area contributed by atoms with Crippen molar-refractivity contribution in [3.8, 4) is 5.69 Å². The summed E-state index contributed by atoms with van der Waals surface area (Å²) in [5.74, 6) is -7.27. The minimum Gasteiger partial charge on any atom is -0.550 e. The number of aliphatic hydroxyl groups is 2. The Morgan fingerprint density at radius 3 is 2.22 bits per heavy atom. The van der Waals surface area contributed by atoms with Gasteiger partial charge in [-0.3, -0.25) is 4.79 Å². The fourth-order valence-corrected chi connectivity index (χ4v) is 4.47. The fraction of sp³-hybridized carbons (Fsp3) is 0.393. The molecular weight excluding hydrogens is 557 g/mol. The zero-order valence-electron chi connectivity index (χ0n) is 23.2. The summed E-state index contributed by atoms with van der Waals surface area (Å²) in [6.45, 7) is 3.23. The van der Waals surface area contributed by atoms with Gasteiger partial charge in [-0.1, -0.05) is 19.9 Å². The molecule has 0 aliphatic heterocycles. The standard InChI is InChI=1S/C28H31F4N3O5.Na/c1-15(2)24-22(11-9-19(36)12-20(37)13-23(38)39)35(18-7-5-17(29)6-8-18)33-27(24)28(40)34(3)14-16-4-10-21(30)26(32)25(16)31;/h4-8,10,15,19-20,36-37H,9,11-14H2,1-3H3,(H,38,39);/q;+1/p-1/t19-,20-;/m1./s1. The molecule has 0 aliphatic rings. The van der Waals surface area contributed by atoms with Gasteiger partial charge in [0.1, 0.15) is 5.82 Å². The Bertz CT molecular complexity index is 1370. The van der Waals surface area contributed by atoms with Crippen LogP contribution in [-0.2, 0) is 17.8 Å². The molecule has 3 aromatic rings. The number of aromatic nitrogens is 2. The van der Waals surface area contributed by atoms with Crippen molar-refractivity contribution in [2.45, 2.75) is 64.2 Å². The third-order valence-electron chi connectivity index (χ3n) is 6.40. The summed E-state index contributed by atoms with van der Waals surface area (Å²) in [4.78, 5) is 25.4. The van der Waals surface area contributed by atoms with Gasteiger partial charge in [0.2, 0.25) is 0 Å². The average Bonchev–Trinajstić information content (AvgIpc) is 3.27. The molecule has 0 spiro atoms. The summed E-state index contributed by atoms with van der Waals surface area (Å²) in [6, 6.07) is 7.12. The number of amides is 1. The van der Waals surface area contributed by atoms with Crippen molar-refractivity contribution in [3.05, 3.63) is 82.2 Å². The van der Waals surface area contributed by atoms with Crippen LogP contribution in [0.5, 0.6) is 0 Å². The number of halogens is 4. The molecule has 2 N–H and O–H groups in total. The number of benzene rings is 2.